The molecule has 0 aromatic rings. The second-order valence-electron chi connectivity index (χ2n) is 4.85. The molecule has 19 heavy (non-hydrogen) atoms. The quantitative estimate of drug-likeness (QED) is 0.626. The van der Waals surface area contributed by atoms with E-state index >= 15 is 0 Å². The first kappa shape index (κ1) is 15.2. The Bertz CT molecular complexity index is 427. The highest BCUT2D eigenvalue weighted by Crippen LogP contribution is 2.16. The highest BCUT2D eigenvalue weighted by atomic mass is 16.2. The second-order valence-corrected chi connectivity index (χ2v) is 4.85. The molecule has 0 bridgehead atoms. The Kier molecular flexibility index (Phi) is 5.07. The number of terminal acetylenes is 1. The molecule has 1 rings (SSSR count). The molecule has 3 atom stereocenters. The number of carbonyl (C=O) groups excluding carboxylic acids is 3. The number of likely N-dealkylation sites (tertiary alicyclic amines) is 1. The van der Waals surface area contributed by atoms with Crippen molar-refractivity contribution in [3.05, 3.63) is 0 Å². The number of ketones is 1. The van der Waals surface area contributed by atoms with Crippen molar-refractivity contribution in [1.29, 1.82) is 0 Å². The fourth-order valence-electron chi connectivity index (χ4n) is 2.09. The molecule has 0 aromatic heterocycles. The molecule has 6 nitrogen and oxygen atoms in total. The van der Waals surface area contributed by atoms with Crippen LogP contribution in [0.1, 0.15) is 26.7 Å². The normalized spacial score (nSPS) is 23.9. The number of rotatable bonds is 5. The minimum atomic E-state index is -0.633. The van der Waals surface area contributed by atoms with Gasteiger partial charge in [-0.05, 0) is 20.3 Å². The number of nitrogens with zero attached hydrogens (tertiary/aromatic N) is 1. The van der Waals surface area contributed by atoms with Crippen LogP contribution >= 0.6 is 0 Å². The summed E-state index contributed by atoms with van der Waals surface area (Å²) in [4.78, 5) is 35.9. The van der Waals surface area contributed by atoms with Crippen LogP contribution in [-0.2, 0) is 14.4 Å². The summed E-state index contributed by atoms with van der Waals surface area (Å²) in [5, 5.41) is 2.55. The van der Waals surface area contributed by atoms with Crippen LogP contribution in [0.25, 0.3) is 0 Å². The van der Waals surface area contributed by atoms with Gasteiger partial charge in [0.25, 0.3) is 0 Å². The van der Waals surface area contributed by atoms with Gasteiger partial charge in [-0.2, -0.15) is 0 Å². The third-order valence-corrected chi connectivity index (χ3v) is 3.07. The molecule has 1 fully saturated rings. The molecular weight excluding hydrogens is 246 g/mol. The van der Waals surface area contributed by atoms with Gasteiger partial charge in [0.15, 0.2) is 0 Å². The zero-order chi connectivity index (χ0) is 14.6. The Morgan fingerprint density at radius 3 is 2.68 bits per heavy atom. The summed E-state index contributed by atoms with van der Waals surface area (Å²) in [6.45, 7) is 3.16. The lowest BCUT2D eigenvalue weighted by Crippen LogP contribution is -2.45. The Labute approximate surface area is 112 Å². The zero-order valence-corrected chi connectivity index (χ0v) is 11.2. The van der Waals surface area contributed by atoms with E-state index in [1.54, 1.807) is 0 Å². The van der Waals surface area contributed by atoms with E-state index in [0.717, 1.165) is 0 Å². The highest BCUT2D eigenvalue weighted by molar-refractivity contribution is 5.89. The number of nitrogens with two attached hydrogens (primary N) is 1. The van der Waals surface area contributed by atoms with E-state index in [-0.39, 0.29) is 36.6 Å². The van der Waals surface area contributed by atoms with E-state index < -0.39 is 12.1 Å². The maximum absolute atomic E-state index is 11.8. The van der Waals surface area contributed by atoms with Crippen molar-refractivity contribution in [1.82, 2.24) is 10.2 Å². The molecule has 0 radical (unpaired) electrons. The first-order valence-corrected chi connectivity index (χ1v) is 6.16. The average molecular weight is 265 g/mol. The lowest BCUT2D eigenvalue weighted by atomic mass is 10.1. The van der Waals surface area contributed by atoms with Gasteiger partial charge in [-0.25, -0.2) is 0 Å². The molecule has 1 aliphatic rings. The van der Waals surface area contributed by atoms with Gasteiger partial charge in [0, 0.05) is 12.5 Å². The van der Waals surface area contributed by atoms with Crippen LogP contribution in [0.3, 0.4) is 0 Å². The maximum atomic E-state index is 11.8. The van der Waals surface area contributed by atoms with E-state index in [1.807, 2.05) is 6.92 Å². The van der Waals surface area contributed by atoms with Crippen LogP contribution in [-0.4, -0.2) is 47.2 Å². The van der Waals surface area contributed by atoms with Crippen molar-refractivity contribution in [3.63, 3.8) is 0 Å². The third kappa shape index (κ3) is 4.07. The van der Waals surface area contributed by atoms with Crippen LogP contribution in [0.4, 0.5) is 0 Å². The van der Waals surface area contributed by atoms with Crippen LogP contribution in [0.15, 0.2) is 0 Å². The summed E-state index contributed by atoms with van der Waals surface area (Å²) < 4.78 is 0. The molecule has 0 saturated carbocycles. The summed E-state index contributed by atoms with van der Waals surface area (Å²) in [7, 11) is 0. The Balaban J connectivity index is 2.53. The standard InChI is InChI=1S/C13H19N3O3/c1-4-10(6-9(3)17)15-12(18)7-16-8(2)5-11(14)13(16)19/h1,8,10-11H,5-7,14H2,2-3H3,(H,15,18)/t8-,10-,11+/m1/s1. The summed E-state index contributed by atoms with van der Waals surface area (Å²) in [5.41, 5.74) is 5.63. The Morgan fingerprint density at radius 1 is 1.63 bits per heavy atom. The predicted molar refractivity (Wildman–Crippen MR) is 69.8 cm³/mol. The lowest BCUT2D eigenvalue weighted by Gasteiger charge is -2.21. The maximum Gasteiger partial charge on any atom is 0.240 e. The van der Waals surface area contributed by atoms with E-state index in [9.17, 15) is 14.4 Å². The number of nitrogens with one attached hydrogen (secondary N) is 1. The first-order valence-electron chi connectivity index (χ1n) is 6.16. The monoisotopic (exact) mass is 265 g/mol. The fourth-order valence-corrected chi connectivity index (χ4v) is 2.09. The number of Topliss-reactive ketones (excluding diaryl/α,β-unsaturated/α-hetero) is 1. The van der Waals surface area contributed by atoms with Gasteiger partial charge in [-0.1, -0.05) is 5.92 Å². The van der Waals surface area contributed by atoms with Crippen molar-refractivity contribution in [2.24, 2.45) is 5.73 Å². The largest absolute Gasteiger partial charge is 0.340 e. The van der Waals surface area contributed by atoms with Gasteiger partial charge in [0.1, 0.15) is 5.78 Å². The van der Waals surface area contributed by atoms with Crippen molar-refractivity contribution >= 4 is 17.6 Å². The third-order valence-electron chi connectivity index (χ3n) is 3.07. The summed E-state index contributed by atoms with van der Waals surface area (Å²) in [5.74, 6) is 1.63. The zero-order valence-electron chi connectivity index (χ0n) is 11.2. The molecular formula is C13H19N3O3. The van der Waals surface area contributed by atoms with Gasteiger partial charge < -0.3 is 16.0 Å². The van der Waals surface area contributed by atoms with E-state index in [1.165, 1.54) is 11.8 Å². The summed E-state index contributed by atoms with van der Waals surface area (Å²) in [6, 6.07) is -1.24. The number of carbonyl (C=O) groups is 3. The molecule has 2 amide bonds. The molecule has 6 heteroatoms. The van der Waals surface area contributed by atoms with E-state index in [2.05, 4.69) is 11.2 Å². The van der Waals surface area contributed by atoms with Crippen LogP contribution in [0, 0.1) is 12.3 Å². The van der Waals surface area contributed by atoms with Crippen LogP contribution in [0.2, 0.25) is 0 Å². The average Bonchev–Trinajstić information content (AvgIpc) is 2.54. The van der Waals surface area contributed by atoms with Gasteiger partial charge in [-0.15, -0.1) is 6.42 Å². The fraction of sp³-hybridized carbons (Fsp3) is 0.615. The Hall–Kier alpha value is -1.87. The highest BCUT2D eigenvalue weighted by Gasteiger charge is 2.35. The van der Waals surface area contributed by atoms with E-state index in [4.69, 9.17) is 12.2 Å². The predicted octanol–water partition coefficient (Wildman–Crippen LogP) is -0.968. The SMILES string of the molecule is C#C[C@H](CC(C)=O)NC(=O)CN1C(=O)[C@@H](N)C[C@H]1C. The summed E-state index contributed by atoms with van der Waals surface area (Å²) in [6.07, 6.45) is 5.87. The number of hydrogen-bond donors (Lipinski definition) is 2. The molecule has 0 aromatic carbocycles. The first-order chi connectivity index (χ1) is 8.85. The number of amides is 2. The van der Waals surface area contributed by atoms with Gasteiger partial charge in [0.2, 0.25) is 11.8 Å². The number of hydrogen-bond acceptors (Lipinski definition) is 4. The smallest absolute Gasteiger partial charge is 0.240 e. The minimum absolute atomic E-state index is 0.0645. The van der Waals surface area contributed by atoms with Crippen LogP contribution < -0.4 is 11.1 Å². The van der Waals surface area contributed by atoms with Crippen LogP contribution in [0.5, 0.6) is 0 Å². The van der Waals surface area contributed by atoms with Crippen molar-refractivity contribution in [3.8, 4) is 12.3 Å². The second kappa shape index (κ2) is 6.34. The molecule has 1 heterocycles. The molecule has 0 aliphatic carbocycles. The van der Waals surface area contributed by atoms with E-state index in [0.29, 0.717) is 6.42 Å². The molecule has 0 unspecified atom stereocenters. The van der Waals surface area contributed by atoms with Gasteiger partial charge in [0.05, 0.1) is 18.6 Å². The van der Waals surface area contributed by atoms with Crippen molar-refractivity contribution in [2.45, 2.75) is 44.8 Å². The minimum Gasteiger partial charge on any atom is -0.340 e. The molecule has 1 saturated heterocycles. The lowest BCUT2D eigenvalue weighted by molar-refractivity contribution is -0.135. The molecule has 104 valence electrons. The van der Waals surface area contributed by atoms with Crippen molar-refractivity contribution in [2.75, 3.05) is 6.54 Å². The summed E-state index contributed by atoms with van der Waals surface area (Å²) >= 11 is 0. The molecule has 3 N–H and O–H groups in total. The molecule has 1 aliphatic heterocycles. The topological polar surface area (TPSA) is 92.5 Å². The Morgan fingerprint density at radius 2 is 2.26 bits per heavy atom. The van der Waals surface area contributed by atoms with Gasteiger partial charge in [-0.3, -0.25) is 14.4 Å². The van der Waals surface area contributed by atoms with Crippen molar-refractivity contribution < 1.29 is 14.4 Å². The molecule has 0 spiro atoms. The van der Waals surface area contributed by atoms with Gasteiger partial charge >= 0.3 is 0 Å².